The van der Waals surface area contributed by atoms with Gasteiger partial charge in [-0.25, -0.2) is 0 Å². The van der Waals surface area contributed by atoms with Crippen molar-refractivity contribution in [2.24, 2.45) is 0 Å². The van der Waals surface area contributed by atoms with Gasteiger partial charge in [0.05, 0.1) is 7.11 Å². The molecule has 0 aromatic heterocycles. The average Bonchev–Trinajstić information content (AvgIpc) is 2.15. The second-order valence-electron chi connectivity index (χ2n) is 3.00. The molecule has 0 saturated heterocycles. The van der Waals surface area contributed by atoms with Crippen LogP contribution in [0, 0.1) is 6.92 Å². The summed E-state index contributed by atoms with van der Waals surface area (Å²) in [5.41, 5.74) is 1.01. The predicted octanol–water partition coefficient (Wildman–Crippen LogP) is 1.85. The third kappa shape index (κ3) is 1.69. The van der Waals surface area contributed by atoms with E-state index in [1.165, 1.54) is 13.2 Å². The maximum Gasteiger partial charge on any atom is 0.187 e. The molecule has 0 aliphatic carbocycles. The van der Waals surface area contributed by atoms with Crippen LogP contribution >= 0.6 is 0 Å². The highest BCUT2D eigenvalue weighted by Gasteiger charge is 2.15. The van der Waals surface area contributed by atoms with Crippen LogP contribution in [0.15, 0.2) is 6.07 Å². The lowest BCUT2D eigenvalue weighted by Gasteiger charge is -2.14. The van der Waals surface area contributed by atoms with E-state index >= 15 is 0 Å². The summed E-state index contributed by atoms with van der Waals surface area (Å²) in [5, 5.41) is 22.2. The second kappa shape index (κ2) is 4.09. The summed E-state index contributed by atoms with van der Waals surface area (Å²) >= 11 is 0. The van der Waals surface area contributed by atoms with Crippen molar-refractivity contribution in [1.82, 2.24) is 0 Å². The average molecular weight is 197 g/mol. The number of aryl methyl sites for hydroxylation is 1. The van der Waals surface area contributed by atoms with Crippen LogP contribution in [0.1, 0.15) is 12.5 Å². The van der Waals surface area contributed by atoms with E-state index in [2.05, 4.69) is 5.32 Å². The molecule has 0 aliphatic heterocycles. The summed E-state index contributed by atoms with van der Waals surface area (Å²) in [7, 11) is 1.45. The van der Waals surface area contributed by atoms with E-state index in [9.17, 15) is 10.2 Å². The van der Waals surface area contributed by atoms with E-state index in [-0.39, 0.29) is 17.2 Å². The van der Waals surface area contributed by atoms with Crippen LogP contribution in [-0.4, -0.2) is 23.9 Å². The zero-order valence-electron chi connectivity index (χ0n) is 8.59. The van der Waals surface area contributed by atoms with Crippen LogP contribution in [0.2, 0.25) is 0 Å². The van der Waals surface area contributed by atoms with E-state index in [0.29, 0.717) is 17.8 Å². The number of ether oxygens (including phenoxy) is 1. The molecule has 0 spiro atoms. The highest BCUT2D eigenvalue weighted by molar-refractivity contribution is 5.72. The molecule has 0 aliphatic rings. The minimum atomic E-state index is 0.0567. The first-order valence-corrected chi connectivity index (χ1v) is 4.45. The molecule has 3 N–H and O–H groups in total. The van der Waals surface area contributed by atoms with Gasteiger partial charge in [-0.3, -0.25) is 0 Å². The van der Waals surface area contributed by atoms with Gasteiger partial charge in [0.2, 0.25) is 0 Å². The van der Waals surface area contributed by atoms with Crippen molar-refractivity contribution in [3.05, 3.63) is 11.6 Å². The second-order valence-corrected chi connectivity index (χ2v) is 3.00. The predicted molar refractivity (Wildman–Crippen MR) is 55.2 cm³/mol. The molecule has 4 heteroatoms. The number of aromatic hydroxyl groups is 2. The molecule has 0 bridgehead atoms. The van der Waals surface area contributed by atoms with Crippen molar-refractivity contribution in [2.45, 2.75) is 13.8 Å². The summed E-state index contributed by atoms with van der Waals surface area (Å²) in [6.07, 6.45) is 0. The lowest BCUT2D eigenvalue weighted by molar-refractivity contribution is 0.369. The zero-order chi connectivity index (χ0) is 10.7. The minimum Gasteiger partial charge on any atom is -0.506 e. The third-order valence-corrected chi connectivity index (χ3v) is 1.98. The highest BCUT2D eigenvalue weighted by atomic mass is 16.5. The van der Waals surface area contributed by atoms with Crippen molar-refractivity contribution in [3.63, 3.8) is 0 Å². The summed E-state index contributed by atoms with van der Waals surface area (Å²) < 4.78 is 5.02. The Morgan fingerprint density at radius 1 is 1.43 bits per heavy atom. The van der Waals surface area contributed by atoms with E-state index in [1.54, 1.807) is 6.92 Å². The Kier molecular flexibility index (Phi) is 3.06. The van der Waals surface area contributed by atoms with Gasteiger partial charge in [-0.15, -0.1) is 0 Å². The molecular weight excluding hydrogens is 182 g/mol. The van der Waals surface area contributed by atoms with Gasteiger partial charge >= 0.3 is 0 Å². The summed E-state index contributed by atoms with van der Waals surface area (Å²) in [6.45, 7) is 4.25. The third-order valence-electron chi connectivity index (χ3n) is 1.98. The Labute approximate surface area is 83.1 Å². The molecule has 0 fully saturated rings. The normalized spacial score (nSPS) is 9.93. The molecule has 78 valence electrons. The molecule has 0 amide bonds. The van der Waals surface area contributed by atoms with Gasteiger partial charge in [-0.05, 0) is 25.5 Å². The lowest BCUT2D eigenvalue weighted by Crippen LogP contribution is -2.00. The van der Waals surface area contributed by atoms with Gasteiger partial charge in [-0.2, -0.15) is 0 Å². The molecular formula is C10H15NO3. The number of phenolic OH excluding ortho intramolecular Hbond substituents is 2. The highest BCUT2D eigenvalue weighted by Crippen LogP contribution is 2.43. The van der Waals surface area contributed by atoms with Crippen molar-refractivity contribution in [2.75, 3.05) is 19.0 Å². The maximum atomic E-state index is 9.65. The first kappa shape index (κ1) is 10.5. The van der Waals surface area contributed by atoms with Crippen LogP contribution in [0.4, 0.5) is 5.69 Å². The molecule has 0 unspecified atom stereocenters. The number of phenols is 2. The Bertz CT molecular complexity index is 337. The van der Waals surface area contributed by atoms with Crippen molar-refractivity contribution >= 4 is 5.69 Å². The van der Waals surface area contributed by atoms with Gasteiger partial charge < -0.3 is 20.3 Å². The Morgan fingerprint density at radius 2 is 2.07 bits per heavy atom. The summed E-state index contributed by atoms with van der Waals surface area (Å²) in [4.78, 5) is 0. The molecule has 1 aromatic rings. The van der Waals surface area contributed by atoms with E-state index in [4.69, 9.17) is 4.74 Å². The quantitative estimate of drug-likeness (QED) is 0.511. The van der Waals surface area contributed by atoms with Crippen LogP contribution in [0.5, 0.6) is 17.2 Å². The molecule has 0 atom stereocenters. The fourth-order valence-electron chi connectivity index (χ4n) is 1.31. The van der Waals surface area contributed by atoms with Crippen molar-refractivity contribution in [1.29, 1.82) is 0 Å². The van der Waals surface area contributed by atoms with Crippen LogP contribution in [-0.2, 0) is 0 Å². The van der Waals surface area contributed by atoms with E-state index in [0.717, 1.165) is 0 Å². The number of benzene rings is 1. The number of anilines is 1. The van der Waals surface area contributed by atoms with Crippen LogP contribution in [0.3, 0.4) is 0 Å². The van der Waals surface area contributed by atoms with Gasteiger partial charge in [0.15, 0.2) is 11.5 Å². The topological polar surface area (TPSA) is 61.7 Å². The van der Waals surface area contributed by atoms with Crippen molar-refractivity contribution < 1.29 is 14.9 Å². The molecule has 0 saturated carbocycles. The number of hydrogen-bond acceptors (Lipinski definition) is 4. The summed E-state index contributed by atoms with van der Waals surface area (Å²) in [5.74, 6) is 0.421. The molecule has 1 rings (SSSR count). The maximum absolute atomic E-state index is 9.65. The largest absolute Gasteiger partial charge is 0.506 e. The van der Waals surface area contributed by atoms with Crippen LogP contribution < -0.4 is 10.1 Å². The smallest absolute Gasteiger partial charge is 0.187 e. The van der Waals surface area contributed by atoms with Crippen molar-refractivity contribution in [3.8, 4) is 17.2 Å². The Hall–Kier alpha value is -1.58. The van der Waals surface area contributed by atoms with E-state index < -0.39 is 0 Å². The number of nitrogens with one attached hydrogen (secondary N) is 1. The fraction of sp³-hybridized carbons (Fsp3) is 0.400. The Morgan fingerprint density at radius 3 is 2.57 bits per heavy atom. The standard InChI is InChI=1S/C10H15NO3/c1-4-11-8-7(12)5-6(2)9(13)10(8)14-3/h5,11-13H,4H2,1-3H3. The number of methoxy groups -OCH3 is 1. The molecule has 1 aromatic carbocycles. The number of hydrogen-bond donors (Lipinski definition) is 3. The monoisotopic (exact) mass is 197 g/mol. The van der Waals surface area contributed by atoms with E-state index in [1.807, 2.05) is 6.92 Å². The first-order chi connectivity index (χ1) is 6.61. The zero-order valence-corrected chi connectivity index (χ0v) is 8.59. The minimum absolute atomic E-state index is 0.0567. The molecule has 0 radical (unpaired) electrons. The molecule has 4 nitrogen and oxygen atoms in total. The Balaban J connectivity index is 3.31. The molecule has 0 heterocycles. The van der Waals surface area contributed by atoms with Gasteiger partial charge in [0.25, 0.3) is 0 Å². The number of rotatable bonds is 3. The van der Waals surface area contributed by atoms with Crippen LogP contribution in [0.25, 0.3) is 0 Å². The SMILES string of the molecule is CCNc1c(O)cc(C)c(O)c1OC. The van der Waals surface area contributed by atoms with Gasteiger partial charge in [-0.1, -0.05) is 0 Å². The van der Waals surface area contributed by atoms with Gasteiger partial charge in [0.1, 0.15) is 11.4 Å². The fourth-order valence-corrected chi connectivity index (χ4v) is 1.31. The lowest BCUT2D eigenvalue weighted by atomic mass is 10.1. The molecule has 14 heavy (non-hydrogen) atoms. The first-order valence-electron chi connectivity index (χ1n) is 4.45. The summed E-state index contributed by atoms with van der Waals surface area (Å²) in [6, 6.07) is 1.50. The van der Waals surface area contributed by atoms with Gasteiger partial charge in [0, 0.05) is 6.54 Å².